The van der Waals surface area contributed by atoms with Gasteiger partial charge in [-0.05, 0) is 69.5 Å². The van der Waals surface area contributed by atoms with Gasteiger partial charge in [-0.25, -0.2) is 4.79 Å². The summed E-state index contributed by atoms with van der Waals surface area (Å²) in [4.78, 5) is 35.0. The van der Waals surface area contributed by atoms with Gasteiger partial charge in [0.05, 0.1) is 5.56 Å². The van der Waals surface area contributed by atoms with Gasteiger partial charge in [-0.2, -0.15) is 4.98 Å². The Morgan fingerprint density at radius 2 is 1.88 bits per heavy atom. The van der Waals surface area contributed by atoms with E-state index in [0.29, 0.717) is 22.7 Å². The quantitative estimate of drug-likeness (QED) is 0.502. The van der Waals surface area contributed by atoms with Gasteiger partial charge in [0.25, 0.3) is 11.8 Å². The highest BCUT2D eigenvalue weighted by molar-refractivity contribution is 5.89. The standard InChI is InChI=1S/C24H26N4O5/c1-16-5-3-6-17(2)28(16)22(29)15-31-20-10-8-18(9-11-20)24(30)32-14-21-26-23(27-33-21)19-7-4-12-25-13-19/h4,7-13,16-17H,3,5-6,14-15H2,1-2H3. The number of rotatable bonds is 7. The fourth-order valence-corrected chi connectivity index (χ4v) is 3.96. The maximum Gasteiger partial charge on any atom is 0.338 e. The number of hydrogen-bond donors (Lipinski definition) is 0. The summed E-state index contributed by atoms with van der Waals surface area (Å²) in [6.07, 6.45) is 6.44. The zero-order valence-corrected chi connectivity index (χ0v) is 18.6. The van der Waals surface area contributed by atoms with Crippen LogP contribution in [0.3, 0.4) is 0 Å². The number of nitrogens with zero attached hydrogens (tertiary/aromatic N) is 4. The molecule has 0 saturated carbocycles. The number of esters is 1. The average molecular weight is 450 g/mol. The number of aromatic nitrogens is 3. The second-order valence-electron chi connectivity index (χ2n) is 8.07. The van der Waals surface area contributed by atoms with E-state index in [1.54, 1.807) is 48.8 Å². The predicted molar refractivity (Wildman–Crippen MR) is 118 cm³/mol. The monoisotopic (exact) mass is 450 g/mol. The number of likely N-dealkylation sites (tertiary alicyclic amines) is 1. The van der Waals surface area contributed by atoms with E-state index < -0.39 is 5.97 Å². The first-order valence-corrected chi connectivity index (χ1v) is 11.0. The molecule has 2 atom stereocenters. The zero-order valence-electron chi connectivity index (χ0n) is 18.6. The summed E-state index contributed by atoms with van der Waals surface area (Å²) in [6, 6.07) is 10.5. The third-order valence-electron chi connectivity index (χ3n) is 5.65. The molecule has 3 aromatic rings. The van der Waals surface area contributed by atoms with Crippen LogP contribution in [0, 0.1) is 0 Å². The highest BCUT2D eigenvalue weighted by atomic mass is 16.6. The molecule has 2 aromatic heterocycles. The van der Waals surface area contributed by atoms with E-state index >= 15 is 0 Å². The number of hydrogen-bond acceptors (Lipinski definition) is 8. The minimum Gasteiger partial charge on any atom is -0.484 e. The maximum absolute atomic E-state index is 12.6. The Kier molecular flexibility index (Phi) is 6.97. The summed E-state index contributed by atoms with van der Waals surface area (Å²) in [6.45, 7) is 3.96. The first-order valence-electron chi connectivity index (χ1n) is 11.0. The molecule has 9 heteroatoms. The first kappa shape index (κ1) is 22.4. The van der Waals surface area contributed by atoms with E-state index in [2.05, 4.69) is 29.0 Å². The van der Waals surface area contributed by atoms with Gasteiger partial charge in [-0.15, -0.1) is 0 Å². The maximum atomic E-state index is 12.6. The number of carbonyl (C=O) groups excluding carboxylic acids is 2. The fraction of sp³-hybridized carbons (Fsp3) is 0.375. The number of carbonyl (C=O) groups is 2. The summed E-state index contributed by atoms with van der Waals surface area (Å²) in [7, 11) is 0. The molecule has 4 rings (SSSR count). The predicted octanol–water partition coefficient (Wildman–Crippen LogP) is 3.66. The van der Waals surface area contributed by atoms with Crippen molar-refractivity contribution in [1.82, 2.24) is 20.0 Å². The lowest BCUT2D eigenvalue weighted by Crippen LogP contribution is -2.49. The van der Waals surface area contributed by atoms with Crippen LogP contribution in [0.5, 0.6) is 5.75 Å². The molecule has 0 spiro atoms. The van der Waals surface area contributed by atoms with Gasteiger partial charge >= 0.3 is 5.97 Å². The number of amides is 1. The van der Waals surface area contributed by atoms with Gasteiger partial charge in [0, 0.05) is 30.0 Å². The molecular weight excluding hydrogens is 424 g/mol. The van der Waals surface area contributed by atoms with Gasteiger partial charge in [0.2, 0.25) is 5.82 Å². The van der Waals surface area contributed by atoms with E-state index in [-0.39, 0.29) is 37.1 Å². The molecule has 33 heavy (non-hydrogen) atoms. The third kappa shape index (κ3) is 5.54. The van der Waals surface area contributed by atoms with Crippen LogP contribution in [0.15, 0.2) is 53.3 Å². The van der Waals surface area contributed by atoms with Crippen molar-refractivity contribution in [2.75, 3.05) is 6.61 Å². The van der Waals surface area contributed by atoms with Crippen LogP contribution < -0.4 is 4.74 Å². The topological polar surface area (TPSA) is 108 Å². The molecule has 9 nitrogen and oxygen atoms in total. The molecule has 1 amide bonds. The molecule has 1 aromatic carbocycles. The van der Waals surface area contributed by atoms with Crippen LogP contribution in [-0.4, -0.2) is 50.6 Å². The zero-order chi connectivity index (χ0) is 23.2. The van der Waals surface area contributed by atoms with Crippen molar-refractivity contribution in [3.8, 4) is 17.1 Å². The van der Waals surface area contributed by atoms with Gasteiger partial charge in [0.15, 0.2) is 13.2 Å². The van der Waals surface area contributed by atoms with Crippen molar-refractivity contribution >= 4 is 11.9 Å². The Hall–Kier alpha value is -3.75. The Morgan fingerprint density at radius 1 is 1.12 bits per heavy atom. The van der Waals surface area contributed by atoms with Crippen molar-refractivity contribution in [3.05, 3.63) is 60.2 Å². The summed E-state index contributed by atoms with van der Waals surface area (Å²) in [5.74, 6) is 0.508. The van der Waals surface area contributed by atoms with Crippen LogP contribution in [0.2, 0.25) is 0 Å². The van der Waals surface area contributed by atoms with Crippen molar-refractivity contribution in [1.29, 1.82) is 0 Å². The summed E-state index contributed by atoms with van der Waals surface area (Å²) >= 11 is 0. The number of pyridine rings is 1. The van der Waals surface area contributed by atoms with E-state index in [9.17, 15) is 9.59 Å². The van der Waals surface area contributed by atoms with Crippen LogP contribution in [0.1, 0.15) is 49.4 Å². The van der Waals surface area contributed by atoms with Crippen molar-refractivity contribution in [3.63, 3.8) is 0 Å². The van der Waals surface area contributed by atoms with E-state index in [1.165, 1.54) is 0 Å². The molecule has 3 heterocycles. The van der Waals surface area contributed by atoms with Crippen LogP contribution in [-0.2, 0) is 16.1 Å². The van der Waals surface area contributed by atoms with E-state index in [0.717, 1.165) is 19.3 Å². The molecule has 2 unspecified atom stereocenters. The van der Waals surface area contributed by atoms with Crippen LogP contribution in [0.4, 0.5) is 0 Å². The molecule has 0 radical (unpaired) electrons. The Morgan fingerprint density at radius 3 is 2.58 bits per heavy atom. The third-order valence-corrected chi connectivity index (χ3v) is 5.65. The average Bonchev–Trinajstić information content (AvgIpc) is 3.31. The molecule has 1 fully saturated rings. The number of ether oxygens (including phenoxy) is 2. The van der Waals surface area contributed by atoms with Crippen LogP contribution in [0.25, 0.3) is 11.4 Å². The Balaban J connectivity index is 1.27. The largest absolute Gasteiger partial charge is 0.484 e. The SMILES string of the molecule is CC1CCCC(C)N1C(=O)COc1ccc(C(=O)OCc2nc(-c3cccnc3)no2)cc1. The summed E-state index contributed by atoms with van der Waals surface area (Å²) < 4.78 is 16.0. The minimum atomic E-state index is -0.533. The Bertz CT molecular complexity index is 1070. The smallest absolute Gasteiger partial charge is 0.338 e. The highest BCUT2D eigenvalue weighted by Crippen LogP contribution is 2.23. The second kappa shape index (κ2) is 10.2. The number of piperidine rings is 1. The second-order valence-corrected chi connectivity index (χ2v) is 8.07. The molecule has 172 valence electrons. The van der Waals surface area contributed by atoms with Gasteiger partial charge in [-0.3, -0.25) is 9.78 Å². The van der Waals surface area contributed by atoms with Gasteiger partial charge in [0.1, 0.15) is 5.75 Å². The minimum absolute atomic E-state index is 0.0246. The van der Waals surface area contributed by atoms with Crippen molar-refractivity contribution < 1.29 is 23.6 Å². The van der Waals surface area contributed by atoms with E-state index in [4.69, 9.17) is 14.0 Å². The lowest BCUT2D eigenvalue weighted by molar-refractivity contribution is -0.139. The Labute approximate surface area is 191 Å². The molecular formula is C24H26N4O5. The molecule has 1 saturated heterocycles. The summed E-state index contributed by atoms with van der Waals surface area (Å²) in [5, 5.41) is 3.86. The summed E-state index contributed by atoms with van der Waals surface area (Å²) in [5.41, 5.74) is 1.05. The first-order chi connectivity index (χ1) is 16.0. The molecule has 0 N–H and O–H groups in total. The lowest BCUT2D eigenvalue weighted by Gasteiger charge is -2.38. The highest BCUT2D eigenvalue weighted by Gasteiger charge is 2.29. The lowest BCUT2D eigenvalue weighted by atomic mass is 9.97. The van der Waals surface area contributed by atoms with E-state index in [1.807, 2.05) is 4.90 Å². The fourth-order valence-electron chi connectivity index (χ4n) is 3.96. The molecule has 1 aliphatic heterocycles. The number of benzene rings is 1. The molecule has 1 aliphatic rings. The van der Waals surface area contributed by atoms with Crippen molar-refractivity contribution in [2.45, 2.75) is 51.8 Å². The molecule has 0 bridgehead atoms. The van der Waals surface area contributed by atoms with Gasteiger partial charge in [-0.1, -0.05) is 5.16 Å². The van der Waals surface area contributed by atoms with Gasteiger partial charge < -0.3 is 18.9 Å². The normalized spacial score (nSPS) is 18.1. The molecule has 0 aliphatic carbocycles. The van der Waals surface area contributed by atoms with Crippen LogP contribution >= 0.6 is 0 Å². The van der Waals surface area contributed by atoms with Crippen molar-refractivity contribution in [2.24, 2.45) is 0 Å².